The summed E-state index contributed by atoms with van der Waals surface area (Å²) < 4.78 is 5.43. The first kappa shape index (κ1) is 17.8. The maximum absolute atomic E-state index is 5.43. The second-order valence-corrected chi connectivity index (χ2v) is 8.08. The zero-order valence-electron chi connectivity index (χ0n) is 14.5. The third-order valence-corrected chi connectivity index (χ3v) is 6.87. The van der Waals surface area contributed by atoms with E-state index in [1.807, 2.05) is 11.3 Å². The van der Waals surface area contributed by atoms with Gasteiger partial charge < -0.3 is 4.74 Å². The molecule has 1 aliphatic carbocycles. The van der Waals surface area contributed by atoms with Crippen molar-refractivity contribution in [2.75, 3.05) is 20.2 Å². The van der Waals surface area contributed by atoms with Gasteiger partial charge in [-0.05, 0) is 73.9 Å². The van der Waals surface area contributed by atoms with Crippen molar-refractivity contribution in [3.63, 3.8) is 0 Å². The lowest BCUT2D eigenvalue weighted by Gasteiger charge is -2.43. The average Bonchev–Trinajstić information content (AvgIpc) is 3.26. The Morgan fingerprint density at radius 2 is 2.17 bits per heavy atom. The molecule has 1 aliphatic heterocycles. The predicted molar refractivity (Wildman–Crippen MR) is 104 cm³/mol. The van der Waals surface area contributed by atoms with E-state index < -0.39 is 0 Å². The highest BCUT2D eigenvalue weighted by atomic mass is 35.5. The zero-order chi connectivity index (χ0) is 15.9. The molecule has 1 aromatic heterocycles. The van der Waals surface area contributed by atoms with Crippen LogP contribution < -0.4 is 4.74 Å². The van der Waals surface area contributed by atoms with E-state index >= 15 is 0 Å². The van der Waals surface area contributed by atoms with Crippen LogP contribution in [0.1, 0.15) is 48.1 Å². The highest BCUT2D eigenvalue weighted by molar-refractivity contribution is 7.10. The van der Waals surface area contributed by atoms with Crippen LogP contribution in [0.4, 0.5) is 0 Å². The Bertz CT molecular complexity index is 687. The van der Waals surface area contributed by atoms with E-state index in [1.165, 1.54) is 49.9 Å². The molecule has 130 valence electrons. The lowest BCUT2D eigenvalue weighted by atomic mass is 9.76. The Morgan fingerprint density at radius 1 is 1.29 bits per heavy atom. The Morgan fingerprint density at radius 3 is 2.92 bits per heavy atom. The standard InChI is InChI=1S/C20H25NOS.ClH/c1-20(21-11-9-16(14-21)19-6-4-12-23-19)10-3-5-15-13-17(22-2)7-8-18(15)20;/h4,6-8,12-13,16H,3,5,9-11,14H2,1-2H3;1H. The zero-order valence-corrected chi connectivity index (χ0v) is 16.1. The van der Waals surface area contributed by atoms with Gasteiger partial charge in [-0.3, -0.25) is 4.90 Å². The maximum atomic E-state index is 5.43. The van der Waals surface area contributed by atoms with Gasteiger partial charge in [0.2, 0.25) is 0 Å². The summed E-state index contributed by atoms with van der Waals surface area (Å²) >= 11 is 1.92. The van der Waals surface area contributed by atoms with Gasteiger partial charge in [-0.1, -0.05) is 12.1 Å². The molecule has 0 bridgehead atoms. The molecular weight excluding hydrogens is 338 g/mol. The molecular formula is C20H26ClNOS. The van der Waals surface area contributed by atoms with Crippen LogP contribution in [0, 0.1) is 0 Å². The van der Waals surface area contributed by atoms with Crippen LogP contribution in [-0.2, 0) is 12.0 Å². The first-order valence-electron chi connectivity index (χ1n) is 8.66. The summed E-state index contributed by atoms with van der Waals surface area (Å²) in [5, 5.41) is 2.21. The maximum Gasteiger partial charge on any atom is 0.119 e. The monoisotopic (exact) mass is 363 g/mol. The number of hydrogen-bond donors (Lipinski definition) is 0. The van der Waals surface area contributed by atoms with Gasteiger partial charge >= 0.3 is 0 Å². The van der Waals surface area contributed by atoms with Crippen molar-refractivity contribution in [3.05, 3.63) is 51.7 Å². The molecule has 2 nitrogen and oxygen atoms in total. The second kappa shape index (κ2) is 7.07. The number of likely N-dealkylation sites (tertiary alicyclic amines) is 1. The van der Waals surface area contributed by atoms with Crippen LogP contribution in [0.15, 0.2) is 35.7 Å². The van der Waals surface area contributed by atoms with E-state index in [2.05, 4.69) is 47.5 Å². The molecule has 2 aliphatic rings. The van der Waals surface area contributed by atoms with Gasteiger partial charge in [0.25, 0.3) is 0 Å². The van der Waals surface area contributed by atoms with Crippen molar-refractivity contribution in [1.82, 2.24) is 4.90 Å². The Kier molecular flexibility index (Phi) is 5.24. The molecule has 4 rings (SSSR count). The summed E-state index contributed by atoms with van der Waals surface area (Å²) in [6.07, 6.45) is 5.02. The predicted octanol–water partition coefficient (Wildman–Crippen LogP) is 5.22. The number of hydrogen-bond acceptors (Lipinski definition) is 3. The second-order valence-electron chi connectivity index (χ2n) is 7.10. The third kappa shape index (κ3) is 2.98. The van der Waals surface area contributed by atoms with E-state index in [1.54, 1.807) is 12.0 Å². The van der Waals surface area contributed by atoms with Gasteiger partial charge in [0.05, 0.1) is 7.11 Å². The molecule has 0 spiro atoms. The Labute approximate surface area is 155 Å². The molecule has 0 radical (unpaired) electrons. The minimum absolute atomic E-state index is 0. The number of nitrogens with zero attached hydrogens (tertiary/aromatic N) is 1. The average molecular weight is 364 g/mol. The molecule has 4 heteroatoms. The molecule has 2 atom stereocenters. The molecule has 24 heavy (non-hydrogen) atoms. The smallest absolute Gasteiger partial charge is 0.119 e. The van der Waals surface area contributed by atoms with E-state index in [-0.39, 0.29) is 17.9 Å². The topological polar surface area (TPSA) is 12.5 Å². The third-order valence-electron chi connectivity index (χ3n) is 5.83. The van der Waals surface area contributed by atoms with Gasteiger partial charge in [0, 0.05) is 22.9 Å². The van der Waals surface area contributed by atoms with Crippen molar-refractivity contribution >= 4 is 23.7 Å². The highest BCUT2D eigenvalue weighted by Gasteiger charge is 2.41. The van der Waals surface area contributed by atoms with E-state index in [0.717, 1.165) is 11.7 Å². The van der Waals surface area contributed by atoms with Crippen molar-refractivity contribution in [1.29, 1.82) is 0 Å². The van der Waals surface area contributed by atoms with Crippen LogP contribution in [-0.4, -0.2) is 25.1 Å². The van der Waals surface area contributed by atoms with Crippen molar-refractivity contribution < 1.29 is 4.74 Å². The van der Waals surface area contributed by atoms with Gasteiger partial charge in [0.1, 0.15) is 5.75 Å². The first-order chi connectivity index (χ1) is 11.2. The van der Waals surface area contributed by atoms with E-state index in [0.29, 0.717) is 0 Å². The number of benzene rings is 1. The van der Waals surface area contributed by atoms with Crippen LogP contribution in [0.2, 0.25) is 0 Å². The Balaban J connectivity index is 0.00000169. The molecule has 0 saturated carbocycles. The Hall–Kier alpha value is -1.03. The molecule has 1 aromatic carbocycles. The van der Waals surface area contributed by atoms with Crippen LogP contribution >= 0.6 is 23.7 Å². The van der Waals surface area contributed by atoms with Crippen molar-refractivity contribution in [3.8, 4) is 5.75 Å². The number of thiophene rings is 1. The van der Waals surface area contributed by atoms with Gasteiger partial charge in [0.15, 0.2) is 0 Å². The molecule has 2 aromatic rings. The van der Waals surface area contributed by atoms with Crippen LogP contribution in [0.25, 0.3) is 0 Å². The van der Waals surface area contributed by atoms with Gasteiger partial charge in [-0.25, -0.2) is 0 Å². The van der Waals surface area contributed by atoms with Gasteiger partial charge in [-0.2, -0.15) is 0 Å². The number of aryl methyl sites for hydroxylation is 1. The van der Waals surface area contributed by atoms with E-state index in [4.69, 9.17) is 4.74 Å². The normalized spacial score (nSPS) is 26.7. The number of ether oxygens (including phenoxy) is 1. The minimum Gasteiger partial charge on any atom is -0.497 e. The van der Waals surface area contributed by atoms with Crippen LogP contribution in [0.5, 0.6) is 5.75 Å². The van der Waals surface area contributed by atoms with E-state index in [9.17, 15) is 0 Å². The summed E-state index contributed by atoms with van der Waals surface area (Å²) in [4.78, 5) is 4.30. The van der Waals surface area contributed by atoms with Gasteiger partial charge in [-0.15, -0.1) is 23.7 Å². The largest absolute Gasteiger partial charge is 0.497 e. The number of halogens is 1. The fourth-order valence-corrected chi connectivity index (χ4v) is 5.34. The molecule has 0 N–H and O–H groups in total. The molecule has 2 unspecified atom stereocenters. The first-order valence-corrected chi connectivity index (χ1v) is 9.54. The lowest BCUT2D eigenvalue weighted by Crippen LogP contribution is -2.44. The van der Waals surface area contributed by atoms with Crippen LogP contribution in [0.3, 0.4) is 0 Å². The molecule has 1 fully saturated rings. The summed E-state index contributed by atoms with van der Waals surface area (Å²) in [7, 11) is 1.76. The lowest BCUT2D eigenvalue weighted by molar-refractivity contribution is 0.111. The summed E-state index contributed by atoms with van der Waals surface area (Å²) in [6, 6.07) is 11.2. The summed E-state index contributed by atoms with van der Waals surface area (Å²) in [5.74, 6) is 1.71. The SMILES string of the molecule is COc1ccc2c(c1)CCCC2(C)N1CCC(c2cccs2)C1.Cl. The fourth-order valence-electron chi connectivity index (χ4n) is 4.48. The number of rotatable bonds is 3. The quantitative estimate of drug-likeness (QED) is 0.741. The molecule has 0 amide bonds. The fraction of sp³-hybridized carbons (Fsp3) is 0.500. The molecule has 2 heterocycles. The summed E-state index contributed by atoms with van der Waals surface area (Å²) in [6.45, 7) is 4.86. The molecule has 1 saturated heterocycles. The number of methoxy groups -OCH3 is 1. The highest BCUT2D eigenvalue weighted by Crippen LogP contribution is 2.45. The minimum atomic E-state index is 0. The summed E-state index contributed by atoms with van der Waals surface area (Å²) in [5.41, 5.74) is 3.19. The van der Waals surface area contributed by atoms with Crippen molar-refractivity contribution in [2.24, 2.45) is 0 Å². The number of fused-ring (bicyclic) bond motifs is 1. The van der Waals surface area contributed by atoms with Crippen molar-refractivity contribution in [2.45, 2.75) is 44.1 Å².